The Balaban J connectivity index is 2.23. The minimum Gasteiger partial charge on any atom is -0.481 e. The van der Waals surface area contributed by atoms with Gasteiger partial charge in [-0.2, -0.15) is 0 Å². The van der Waals surface area contributed by atoms with Crippen molar-refractivity contribution < 1.29 is 14.3 Å². The van der Waals surface area contributed by atoms with Crippen LogP contribution in [0.4, 0.5) is 4.39 Å². The second-order valence-corrected chi connectivity index (χ2v) is 4.39. The zero-order chi connectivity index (χ0) is 12.4. The molecule has 0 amide bonds. The van der Waals surface area contributed by atoms with Gasteiger partial charge in [-0.1, -0.05) is 12.1 Å². The van der Waals surface area contributed by atoms with Crippen LogP contribution in [0.25, 0.3) is 0 Å². The van der Waals surface area contributed by atoms with Crippen molar-refractivity contribution in [2.45, 2.75) is 12.3 Å². The SMILES string of the molecule is NN1CC[C@@H](c2ccc(F)cc2)[C@H](C(=O)O)C1. The largest absolute Gasteiger partial charge is 0.481 e. The zero-order valence-electron chi connectivity index (χ0n) is 9.34. The molecule has 1 fully saturated rings. The minimum atomic E-state index is -0.852. The third kappa shape index (κ3) is 2.62. The smallest absolute Gasteiger partial charge is 0.308 e. The van der Waals surface area contributed by atoms with Crippen molar-refractivity contribution in [2.24, 2.45) is 11.8 Å². The summed E-state index contributed by atoms with van der Waals surface area (Å²) < 4.78 is 12.8. The molecule has 0 spiro atoms. The Kier molecular flexibility index (Phi) is 3.40. The maximum Gasteiger partial charge on any atom is 0.308 e. The number of benzene rings is 1. The first-order valence-electron chi connectivity index (χ1n) is 5.56. The number of carboxylic acids is 1. The summed E-state index contributed by atoms with van der Waals surface area (Å²) in [6.45, 7) is 0.989. The Morgan fingerprint density at radius 1 is 1.41 bits per heavy atom. The van der Waals surface area contributed by atoms with Crippen LogP contribution in [0.5, 0.6) is 0 Å². The predicted molar refractivity (Wildman–Crippen MR) is 60.6 cm³/mol. The Hall–Kier alpha value is -1.46. The van der Waals surface area contributed by atoms with Crippen molar-refractivity contribution in [3.8, 4) is 0 Å². The third-order valence-electron chi connectivity index (χ3n) is 3.26. The minimum absolute atomic E-state index is 0.0899. The molecule has 2 rings (SSSR count). The van der Waals surface area contributed by atoms with Crippen molar-refractivity contribution in [3.05, 3.63) is 35.6 Å². The standard InChI is InChI=1S/C12H15FN2O2/c13-9-3-1-8(2-4-9)10-5-6-15(14)7-11(10)12(16)17/h1-4,10-11H,5-7,14H2,(H,16,17)/t10-,11+/m0/s1. The van der Waals surface area contributed by atoms with Gasteiger partial charge in [0.1, 0.15) is 5.82 Å². The molecular weight excluding hydrogens is 223 g/mol. The molecule has 0 unspecified atom stereocenters. The van der Waals surface area contributed by atoms with Crippen LogP contribution in [0.1, 0.15) is 17.9 Å². The predicted octanol–water partition coefficient (Wildman–Crippen LogP) is 1.19. The summed E-state index contributed by atoms with van der Waals surface area (Å²) in [5.74, 6) is 3.86. The van der Waals surface area contributed by atoms with Crippen LogP contribution in [-0.2, 0) is 4.79 Å². The lowest BCUT2D eigenvalue weighted by Gasteiger charge is -2.34. The van der Waals surface area contributed by atoms with Crippen LogP contribution < -0.4 is 5.84 Å². The van der Waals surface area contributed by atoms with Crippen LogP contribution in [0.2, 0.25) is 0 Å². The number of hydrogen-bond acceptors (Lipinski definition) is 3. The molecule has 0 saturated carbocycles. The molecule has 92 valence electrons. The lowest BCUT2D eigenvalue weighted by molar-refractivity contribution is -0.144. The fourth-order valence-electron chi connectivity index (χ4n) is 2.34. The Bertz CT molecular complexity index is 407. The zero-order valence-corrected chi connectivity index (χ0v) is 9.34. The van der Waals surface area contributed by atoms with E-state index in [0.717, 1.165) is 5.56 Å². The van der Waals surface area contributed by atoms with Gasteiger partial charge >= 0.3 is 5.97 Å². The Morgan fingerprint density at radius 3 is 2.65 bits per heavy atom. The summed E-state index contributed by atoms with van der Waals surface area (Å²) in [5, 5.41) is 10.7. The van der Waals surface area contributed by atoms with Gasteiger partial charge in [0.15, 0.2) is 0 Å². The fourth-order valence-corrected chi connectivity index (χ4v) is 2.34. The van der Waals surface area contributed by atoms with Gasteiger partial charge in [-0.05, 0) is 30.0 Å². The van der Waals surface area contributed by atoms with Crippen molar-refractivity contribution >= 4 is 5.97 Å². The Morgan fingerprint density at radius 2 is 2.06 bits per heavy atom. The second kappa shape index (κ2) is 4.81. The first-order valence-corrected chi connectivity index (χ1v) is 5.56. The summed E-state index contributed by atoms with van der Waals surface area (Å²) in [5.41, 5.74) is 0.868. The molecule has 0 bridgehead atoms. The molecule has 1 aromatic carbocycles. The summed E-state index contributed by atoms with van der Waals surface area (Å²) in [6, 6.07) is 6.04. The lowest BCUT2D eigenvalue weighted by atomic mass is 9.81. The topological polar surface area (TPSA) is 66.6 Å². The molecule has 1 heterocycles. The van der Waals surface area contributed by atoms with Gasteiger partial charge in [-0.15, -0.1) is 0 Å². The molecule has 4 nitrogen and oxygen atoms in total. The molecule has 3 N–H and O–H groups in total. The highest BCUT2D eigenvalue weighted by Gasteiger charge is 2.34. The van der Waals surface area contributed by atoms with Crippen LogP contribution in [0.3, 0.4) is 0 Å². The van der Waals surface area contributed by atoms with E-state index in [0.29, 0.717) is 19.5 Å². The number of halogens is 1. The van der Waals surface area contributed by atoms with Crippen LogP contribution in [0, 0.1) is 11.7 Å². The number of rotatable bonds is 2. The van der Waals surface area contributed by atoms with E-state index in [1.54, 1.807) is 12.1 Å². The molecule has 1 aliphatic heterocycles. The van der Waals surface area contributed by atoms with Crippen molar-refractivity contribution in [2.75, 3.05) is 13.1 Å². The molecule has 17 heavy (non-hydrogen) atoms. The molecule has 1 aliphatic rings. The van der Waals surface area contributed by atoms with Crippen LogP contribution >= 0.6 is 0 Å². The average molecular weight is 238 g/mol. The number of hydrazine groups is 1. The van der Waals surface area contributed by atoms with Gasteiger partial charge in [0, 0.05) is 13.1 Å². The van der Waals surface area contributed by atoms with Crippen molar-refractivity contribution in [1.82, 2.24) is 5.01 Å². The highest BCUT2D eigenvalue weighted by Crippen LogP contribution is 2.32. The molecule has 1 saturated heterocycles. The molecule has 0 aromatic heterocycles. The van der Waals surface area contributed by atoms with Gasteiger partial charge in [-0.25, -0.2) is 9.40 Å². The van der Waals surface area contributed by atoms with E-state index in [1.807, 2.05) is 0 Å². The van der Waals surface area contributed by atoms with E-state index >= 15 is 0 Å². The number of carboxylic acid groups (broad SMARTS) is 1. The van der Waals surface area contributed by atoms with Crippen LogP contribution in [0.15, 0.2) is 24.3 Å². The van der Waals surface area contributed by atoms with Gasteiger partial charge < -0.3 is 5.11 Å². The molecule has 2 atom stereocenters. The van der Waals surface area contributed by atoms with Gasteiger partial charge in [0.25, 0.3) is 0 Å². The summed E-state index contributed by atoms with van der Waals surface area (Å²) in [4.78, 5) is 11.2. The van der Waals surface area contributed by atoms with E-state index in [9.17, 15) is 14.3 Å². The van der Waals surface area contributed by atoms with Crippen LogP contribution in [-0.4, -0.2) is 29.2 Å². The molecule has 0 radical (unpaired) electrons. The molecule has 0 aliphatic carbocycles. The lowest BCUT2D eigenvalue weighted by Crippen LogP contribution is -2.46. The Labute approximate surface area is 98.8 Å². The highest BCUT2D eigenvalue weighted by molar-refractivity contribution is 5.72. The average Bonchev–Trinajstić information content (AvgIpc) is 2.30. The monoisotopic (exact) mass is 238 g/mol. The number of nitrogens with two attached hydrogens (primary N) is 1. The second-order valence-electron chi connectivity index (χ2n) is 4.39. The van der Waals surface area contributed by atoms with E-state index in [4.69, 9.17) is 5.84 Å². The quantitative estimate of drug-likeness (QED) is 0.759. The van der Waals surface area contributed by atoms with Gasteiger partial charge in [0.05, 0.1) is 5.92 Å². The summed E-state index contributed by atoms with van der Waals surface area (Å²) >= 11 is 0. The van der Waals surface area contributed by atoms with Crippen molar-refractivity contribution in [1.29, 1.82) is 0 Å². The number of nitrogens with zero attached hydrogens (tertiary/aromatic N) is 1. The fraction of sp³-hybridized carbons (Fsp3) is 0.417. The first-order chi connectivity index (χ1) is 8.08. The van der Waals surface area contributed by atoms with E-state index in [2.05, 4.69) is 0 Å². The maximum atomic E-state index is 12.8. The van der Waals surface area contributed by atoms with E-state index in [1.165, 1.54) is 17.1 Å². The highest BCUT2D eigenvalue weighted by atomic mass is 19.1. The number of aliphatic carboxylic acids is 1. The van der Waals surface area contributed by atoms with Gasteiger partial charge in [-0.3, -0.25) is 10.6 Å². The maximum absolute atomic E-state index is 12.8. The van der Waals surface area contributed by atoms with Crippen molar-refractivity contribution in [3.63, 3.8) is 0 Å². The summed E-state index contributed by atoms with van der Waals surface area (Å²) in [6.07, 6.45) is 0.680. The van der Waals surface area contributed by atoms with Gasteiger partial charge in [0.2, 0.25) is 0 Å². The van der Waals surface area contributed by atoms with E-state index < -0.39 is 11.9 Å². The molecule has 5 heteroatoms. The normalized spacial score (nSPS) is 25.8. The first kappa shape index (κ1) is 12.0. The summed E-state index contributed by atoms with van der Waals surface area (Å²) in [7, 11) is 0. The third-order valence-corrected chi connectivity index (χ3v) is 3.26. The number of hydrogen-bond donors (Lipinski definition) is 2. The van der Waals surface area contributed by atoms with E-state index in [-0.39, 0.29) is 11.7 Å². The number of piperidine rings is 1. The molecule has 1 aromatic rings. The number of carbonyl (C=O) groups is 1. The molecular formula is C12H15FN2O2.